The van der Waals surface area contributed by atoms with Gasteiger partial charge in [0.05, 0.1) is 25.4 Å². The van der Waals surface area contributed by atoms with E-state index in [0.29, 0.717) is 25.9 Å². The quantitative estimate of drug-likeness (QED) is 0.0320. The van der Waals surface area contributed by atoms with Gasteiger partial charge in [0, 0.05) is 12.8 Å². The van der Waals surface area contributed by atoms with Crippen LogP contribution >= 0.6 is 0 Å². The second-order valence-electron chi connectivity index (χ2n) is 23.9. The molecule has 0 fully saturated rings. The summed E-state index contributed by atoms with van der Waals surface area (Å²) in [6.45, 7) is 4.95. The van der Waals surface area contributed by atoms with E-state index in [-0.39, 0.29) is 18.5 Å². The summed E-state index contributed by atoms with van der Waals surface area (Å²) in [6, 6.07) is -0.551. The third-order valence-electron chi connectivity index (χ3n) is 16.2. The number of carbonyl (C=O) groups is 2. The maximum absolute atomic E-state index is 12.5. The first-order valence-corrected chi connectivity index (χ1v) is 34.7. The standard InChI is InChI=1S/C71H135NO5/c1-3-5-7-9-11-13-15-17-18-19-20-21-22-23-25-28-31-34-37-40-43-47-51-55-59-63-69(74)68(67-73)72-70(75)64-60-56-52-48-44-41-38-35-32-29-26-24-27-30-33-36-39-42-46-50-54-58-62-66-77-71(76)65-61-57-53-49-45-16-14-12-10-8-6-4-2/h12,14,24,27,29,32,68-69,73-74H,3-11,13,15-23,25-26,28,30-31,33-67H2,1-2H3,(H,72,75)/b14-12-,27-24-,32-29-. The van der Waals surface area contributed by atoms with Crippen molar-refractivity contribution in [2.75, 3.05) is 13.2 Å². The molecule has 0 radical (unpaired) electrons. The van der Waals surface area contributed by atoms with Gasteiger partial charge in [-0.3, -0.25) is 9.59 Å². The van der Waals surface area contributed by atoms with Crippen LogP contribution in [0, 0.1) is 0 Å². The fraction of sp³-hybridized carbons (Fsp3) is 0.887. The molecule has 0 aromatic carbocycles. The SMILES string of the molecule is CCCCC/C=C\CCCCCCCC(=O)OCCCCCCCCCCC/C=C\C/C=C\CCCCCCCCCC(=O)NC(CO)C(O)CCCCCCCCCCCCCCCCCCCCCCCCCCC. The lowest BCUT2D eigenvalue weighted by atomic mass is 10.0. The number of esters is 1. The Balaban J connectivity index is 3.45. The third kappa shape index (κ3) is 63.1. The van der Waals surface area contributed by atoms with Gasteiger partial charge in [-0.05, 0) is 83.5 Å². The van der Waals surface area contributed by atoms with Crippen LogP contribution < -0.4 is 5.32 Å². The van der Waals surface area contributed by atoms with E-state index in [2.05, 4.69) is 55.6 Å². The normalized spacial score (nSPS) is 12.7. The van der Waals surface area contributed by atoms with Gasteiger partial charge in [-0.25, -0.2) is 0 Å². The van der Waals surface area contributed by atoms with E-state index >= 15 is 0 Å². The number of aliphatic hydroxyl groups excluding tert-OH is 2. The molecule has 454 valence electrons. The van der Waals surface area contributed by atoms with Crippen molar-refractivity contribution in [3.8, 4) is 0 Å². The predicted molar refractivity (Wildman–Crippen MR) is 338 cm³/mol. The first-order chi connectivity index (χ1) is 38.0. The summed E-state index contributed by atoms with van der Waals surface area (Å²) in [4.78, 5) is 24.6. The van der Waals surface area contributed by atoms with Crippen LogP contribution in [0.15, 0.2) is 36.5 Å². The van der Waals surface area contributed by atoms with E-state index in [1.807, 2.05) is 0 Å². The zero-order valence-corrected chi connectivity index (χ0v) is 52.0. The molecule has 2 atom stereocenters. The molecule has 2 unspecified atom stereocenters. The second-order valence-corrected chi connectivity index (χ2v) is 23.9. The summed E-state index contributed by atoms with van der Waals surface area (Å²) in [5.74, 6) is -0.0440. The topological polar surface area (TPSA) is 95.9 Å². The second kappa shape index (κ2) is 66.6. The van der Waals surface area contributed by atoms with E-state index in [4.69, 9.17) is 4.74 Å². The van der Waals surface area contributed by atoms with Crippen molar-refractivity contribution in [3.05, 3.63) is 36.5 Å². The molecule has 0 spiro atoms. The van der Waals surface area contributed by atoms with Gasteiger partial charge in [0.1, 0.15) is 0 Å². The van der Waals surface area contributed by atoms with Gasteiger partial charge in [-0.2, -0.15) is 0 Å². The van der Waals surface area contributed by atoms with Gasteiger partial charge in [0.25, 0.3) is 0 Å². The maximum atomic E-state index is 12.5. The Kier molecular flexibility index (Phi) is 64.9. The summed E-state index contributed by atoms with van der Waals surface area (Å²) in [5, 5.41) is 23.4. The van der Waals surface area contributed by atoms with E-state index in [1.165, 1.54) is 289 Å². The van der Waals surface area contributed by atoms with Gasteiger partial charge >= 0.3 is 5.97 Å². The number of aliphatic hydroxyl groups is 2. The molecule has 6 nitrogen and oxygen atoms in total. The third-order valence-corrected chi connectivity index (χ3v) is 16.2. The smallest absolute Gasteiger partial charge is 0.305 e. The minimum absolute atomic E-state index is 0.00255. The van der Waals surface area contributed by atoms with Crippen molar-refractivity contribution in [2.24, 2.45) is 0 Å². The highest BCUT2D eigenvalue weighted by molar-refractivity contribution is 5.76. The van der Waals surface area contributed by atoms with Crippen LogP contribution in [-0.2, 0) is 14.3 Å². The van der Waals surface area contributed by atoms with Crippen molar-refractivity contribution in [3.63, 3.8) is 0 Å². The number of carbonyl (C=O) groups excluding carboxylic acids is 2. The number of rotatable bonds is 65. The Morgan fingerprint density at radius 1 is 0.364 bits per heavy atom. The molecule has 0 heterocycles. The van der Waals surface area contributed by atoms with Gasteiger partial charge in [0.15, 0.2) is 0 Å². The van der Waals surface area contributed by atoms with Crippen molar-refractivity contribution in [2.45, 2.75) is 392 Å². The number of hydrogen-bond donors (Lipinski definition) is 3. The number of amides is 1. The van der Waals surface area contributed by atoms with Gasteiger partial charge in [-0.15, -0.1) is 0 Å². The highest BCUT2D eigenvalue weighted by atomic mass is 16.5. The van der Waals surface area contributed by atoms with Crippen molar-refractivity contribution < 1.29 is 24.5 Å². The van der Waals surface area contributed by atoms with Crippen LogP contribution in [0.25, 0.3) is 0 Å². The van der Waals surface area contributed by atoms with Crippen molar-refractivity contribution in [1.29, 1.82) is 0 Å². The fourth-order valence-electron chi connectivity index (χ4n) is 10.8. The molecule has 0 aliphatic rings. The molecule has 0 aliphatic carbocycles. The molecule has 0 aliphatic heterocycles. The zero-order chi connectivity index (χ0) is 55.7. The molecular weight excluding hydrogens is 947 g/mol. The van der Waals surface area contributed by atoms with Crippen LogP contribution in [-0.4, -0.2) is 47.4 Å². The number of ether oxygens (including phenoxy) is 1. The van der Waals surface area contributed by atoms with Gasteiger partial charge < -0.3 is 20.3 Å². The molecule has 0 rings (SSSR count). The first-order valence-electron chi connectivity index (χ1n) is 34.7. The number of unbranched alkanes of at least 4 members (excludes halogenated alkanes) is 48. The lowest BCUT2D eigenvalue weighted by molar-refractivity contribution is -0.143. The van der Waals surface area contributed by atoms with E-state index in [1.54, 1.807) is 0 Å². The Labute approximate surface area is 481 Å². The minimum Gasteiger partial charge on any atom is -0.466 e. The Bertz CT molecular complexity index is 1250. The van der Waals surface area contributed by atoms with Crippen LogP contribution in [0.2, 0.25) is 0 Å². The monoisotopic (exact) mass is 1080 g/mol. The summed E-state index contributed by atoms with van der Waals surface area (Å²) in [5.41, 5.74) is 0. The number of allylic oxidation sites excluding steroid dienone is 6. The Morgan fingerprint density at radius 2 is 0.649 bits per heavy atom. The van der Waals surface area contributed by atoms with Crippen LogP contribution in [0.1, 0.15) is 380 Å². The lowest BCUT2D eigenvalue weighted by Crippen LogP contribution is -2.45. The molecule has 0 bridgehead atoms. The lowest BCUT2D eigenvalue weighted by Gasteiger charge is -2.22. The Hall–Kier alpha value is -1.92. The molecule has 77 heavy (non-hydrogen) atoms. The average molecular weight is 1080 g/mol. The molecule has 3 N–H and O–H groups in total. The number of hydrogen-bond acceptors (Lipinski definition) is 5. The van der Waals surface area contributed by atoms with E-state index in [0.717, 1.165) is 57.8 Å². The highest BCUT2D eigenvalue weighted by Gasteiger charge is 2.20. The predicted octanol–water partition coefficient (Wildman–Crippen LogP) is 22.3. The summed E-state index contributed by atoms with van der Waals surface area (Å²) < 4.78 is 5.46. The van der Waals surface area contributed by atoms with Crippen molar-refractivity contribution >= 4 is 11.9 Å². The van der Waals surface area contributed by atoms with Gasteiger partial charge in [-0.1, -0.05) is 320 Å². The van der Waals surface area contributed by atoms with Crippen LogP contribution in [0.3, 0.4) is 0 Å². The Morgan fingerprint density at radius 3 is 1.03 bits per heavy atom. The minimum atomic E-state index is -0.673. The fourth-order valence-corrected chi connectivity index (χ4v) is 10.8. The molecule has 0 saturated heterocycles. The molecular formula is C71H135NO5. The van der Waals surface area contributed by atoms with Crippen LogP contribution in [0.5, 0.6) is 0 Å². The largest absolute Gasteiger partial charge is 0.466 e. The van der Waals surface area contributed by atoms with E-state index < -0.39 is 12.1 Å². The zero-order valence-electron chi connectivity index (χ0n) is 52.0. The van der Waals surface area contributed by atoms with Gasteiger partial charge in [0.2, 0.25) is 5.91 Å². The highest BCUT2D eigenvalue weighted by Crippen LogP contribution is 2.18. The molecule has 0 aromatic rings. The molecule has 1 amide bonds. The number of nitrogens with one attached hydrogen (secondary N) is 1. The van der Waals surface area contributed by atoms with Crippen molar-refractivity contribution in [1.82, 2.24) is 5.32 Å². The maximum Gasteiger partial charge on any atom is 0.305 e. The molecule has 6 heteroatoms. The average Bonchev–Trinajstić information content (AvgIpc) is 3.43. The summed E-state index contributed by atoms with van der Waals surface area (Å²) in [6.07, 6.45) is 84.7. The van der Waals surface area contributed by atoms with Crippen LogP contribution in [0.4, 0.5) is 0 Å². The molecule has 0 saturated carbocycles. The summed E-state index contributed by atoms with van der Waals surface area (Å²) >= 11 is 0. The first kappa shape index (κ1) is 75.1. The van der Waals surface area contributed by atoms with E-state index in [9.17, 15) is 19.8 Å². The summed E-state index contributed by atoms with van der Waals surface area (Å²) in [7, 11) is 0. The molecule has 0 aromatic heterocycles.